The zero-order valence-corrected chi connectivity index (χ0v) is 12.2. The summed E-state index contributed by atoms with van der Waals surface area (Å²) in [5.41, 5.74) is 1.53. The molecule has 0 atom stereocenters. The lowest BCUT2D eigenvalue weighted by Crippen LogP contribution is -2.60. The summed E-state index contributed by atoms with van der Waals surface area (Å²) in [5.74, 6) is 0.751. The topological polar surface area (TPSA) is 24.5 Å². The molecule has 1 N–H and O–H groups in total. The third-order valence-corrected chi connectivity index (χ3v) is 4.82. The summed E-state index contributed by atoms with van der Waals surface area (Å²) >= 11 is 6.28. The number of nitrogens with zero attached hydrogens (tertiary/aromatic N) is 1. The number of nitrogens with one attached hydrogen (secondary N) is 1. The molecular formula is C15H21ClN2O. The number of halogens is 1. The molecule has 3 nitrogen and oxygen atoms in total. The Hall–Kier alpha value is -0.930. The fourth-order valence-corrected chi connectivity index (χ4v) is 3.80. The summed E-state index contributed by atoms with van der Waals surface area (Å²) in [6.45, 7) is 3.20. The van der Waals surface area contributed by atoms with Gasteiger partial charge in [0.05, 0.1) is 17.7 Å². The number of piperazine rings is 1. The lowest BCUT2D eigenvalue weighted by Gasteiger charge is -2.47. The Morgan fingerprint density at radius 1 is 1.32 bits per heavy atom. The van der Waals surface area contributed by atoms with Crippen LogP contribution in [0.4, 0.5) is 5.69 Å². The molecular weight excluding hydrogens is 260 g/mol. The Bertz CT molecular complexity index is 457. The van der Waals surface area contributed by atoms with E-state index in [-0.39, 0.29) is 0 Å². The Labute approximate surface area is 119 Å². The zero-order chi connectivity index (χ0) is 13.3. The number of hydrogen-bond acceptors (Lipinski definition) is 3. The van der Waals surface area contributed by atoms with Gasteiger partial charge < -0.3 is 15.0 Å². The molecule has 2 aliphatic rings. The predicted octanol–water partition coefficient (Wildman–Crippen LogP) is 3.07. The van der Waals surface area contributed by atoms with Gasteiger partial charge in [0.15, 0.2) is 0 Å². The molecule has 3 rings (SSSR count). The van der Waals surface area contributed by atoms with Crippen LogP contribution in [0.1, 0.15) is 25.7 Å². The van der Waals surface area contributed by atoms with Gasteiger partial charge in [-0.15, -0.1) is 0 Å². The van der Waals surface area contributed by atoms with E-state index in [1.807, 2.05) is 12.1 Å². The van der Waals surface area contributed by atoms with E-state index in [0.29, 0.717) is 10.6 Å². The molecule has 1 aliphatic heterocycles. The molecule has 1 aromatic carbocycles. The van der Waals surface area contributed by atoms with E-state index >= 15 is 0 Å². The molecule has 0 bridgehead atoms. The van der Waals surface area contributed by atoms with Crippen LogP contribution in [-0.2, 0) is 0 Å². The summed E-state index contributed by atoms with van der Waals surface area (Å²) in [6, 6.07) is 6.16. The number of anilines is 1. The van der Waals surface area contributed by atoms with E-state index in [1.165, 1.54) is 31.4 Å². The van der Waals surface area contributed by atoms with Crippen LogP contribution in [0.15, 0.2) is 18.2 Å². The van der Waals surface area contributed by atoms with Gasteiger partial charge in [0.2, 0.25) is 0 Å². The quantitative estimate of drug-likeness (QED) is 0.901. The number of ether oxygens (including phenoxy) is 1. The van der Waals surface area contributed by atoms with E-state index in [2.05, 4.69) is 16.3 Å². The molecule has 1 saturated carbocycles. The molecule has 0 radical (unpaired) electrons. The average Bonchev–Trinajstić information content (AvgIpc) is 2.88. The van der Waals surface area contributed by atoms with Crippen LogP contribution in [0.3, 0.4) is 0 Å². The molecule has 19 heavy (non-hydrogen) atoms. The monoisotopic (exact) mass is 280 g/mol. The molecule has 104 valence electrons. The summed E-state index contributed by atoms with van der Waals surface area (Å²) in [5, 5.41) is 4.26. The van der Waals surface area contributed by atoms with Crippen molar-refractivity contribution >= 4 is 17.3 Å². The number of rotatable bonds is 2. The Balaban J connectivity index is 1.92. The van der Waals surface area contributed by atoms with E-state index in [1.54, 1.807) is 7.11 Å². The zero-order valence-electron chi connectivity index (χ0n) is 11.4. The van der Waals surface area contributed by atoms with Crippen molar-refractivity contribution in [3.63, 3.8) is 0 Å². The first kappa shape index (κ1) is 13.1. The van der Waals surface area contributed by atoms with Crippen LogP contribution in [0.25, 0.3) is 0 Å². The lowest BCUT2D eigenvalue weighted by molar-refractivity contribution is 0.332. The highest BCUT2D eigenvalue weighted by molar-refractivity contribution is 6.32. The Kier molecular flexibility index (Phi) is 3.59. The van der Waals surface area contributed by atoms with Crippen LogP contribution < -0.4 is 15.0 Å². The van der Waals surface area contributed by atoms with Gasteiger partial charge in [-0.2, -0.15) is 0 Å². The summed E-state index contributed by atoms with van der Waals surface area (Å²) in [6.07, 6.45) is 5.23. The maximum Gasteiger partial charge on any atom is 0.137 e. The lowest BCUT2D eigenvalue weighted by atomic mass is 9.92. The van der Waals surface area contributed by atoms with Crippen molar-refractivity contribution in [2.75, 3.05) is 31.6 Å². The Morgan fingerprint density at radius 3 is 2.79 bits per heavy atom. The second-order valence-corrected chi connectivity index (χ2v) is 5.99. The summed E-state index contributed by atoms with van der Waals surface area (Å²) in [7, 11) is 1.66. The number of methoxy groups -OCH3 is 1. The molecule has 0 aromatic heterocycles. The van der Waals surface area contributed by atoms with Gasteiger partial charge in [-0.3, -0.25) is 0 Å². The third kappa shape index (κ3) is 2.30. The first-order valence-electron chi connectivity index (χ1n) is 7.07. The number of benzene rings is 1. The fourth-order valence-electron chi connectivity index (χ4n) is 3.55. The first-order chi connectivity index (χ1) is 9.25. The standard InChI is InChI=1S/C15H21ClN2O/c1-19-14-5-4-12(10-13(14)16)18-9-8-17-11-15(18)6-2-3-7-15/h4-5,10,17H,2-3,6-9,11H2,1H3. The first-order valence-corrected chi connectivity index (χ1v) is 7.45. The SMILES string of the molecule is COc1ccc(N2CCNCC23CCCC3)cc1Cl. The van der Waals surface area contributed by atoms with Gasteiger partial charge in [-0.1, -0.05) is 24.4 Å². The largest absolute Gasteiger partial charge is 0.495 e. The summed E-state index contributed by atoms with van der Waals surface area (Å²) < 4.78 is 5.24. The highest BCUT2D eigenvalue weighted by atomic mass is 35.5. The smallest absolute Gasteiger partial charge is 0.137 e. The molecule has 1 aliphatic carbocycles. The minimum atomic E-state index is 0.302. The normalized spacial score (nSPS) is 21.9. The molecule has 1 aromatic rings. The van der Waals surface area contributed by atoms with E-state index in [0.717, 1.165) is 25.4 Å². The fraction of sp³-hybridized carbons (Fsp3) is 0.600. The predicted molar refractivity (Wildman–Crippen MR) is 79.4 cm³/mol. The highest BCUT2D eigenvalue weighted by Gasteiger charge is 2.41. The van der Waals surface area contributed by atoms with Gasteiger partial charge in [0, 0.05) is 25.3 Å². The maximum atomic E-state index is 6.28. The maximum absolute atomic E-state index is 6.28. The van der Waals surface area contributed by atoms with Crippen LogP contribution in [0, 0.1) is 0 Å². The van der Waals surface area contributed by atoms with Crippen molar-refractivity contribution in [2.45, 2.75) is 31.2 Å². The third-order valence-electron chi connectivity index (χ3n) is 4.52. The second kappa shape index (κ2) is 5.22. The van der Waals surface area contributed by atoms with Crippen molar-refractivity contribution in [2.24, 2.45) is 0 Å². The second-order valence-electron chi connectivity index (χ2n) is 5.58. The van der Waals surface area contributed by atoms with Gasteiger partial charge >= 0.3 is 0 Å². The van der Waals surface area contributed by atoms with Crippen molar-refractivity contribution in [1.82, 2.24) is 5.32 Å². The number of hydrogen-bond donors (Lipinski definition) is 1. The molecule has 0 unspecified atom stereocenters. The van der Waals surface area contributed by atoms with Gasteiger partial charge in [-0.05, 0) is 31.0 Å². The summed E-state index contributed by atoms with van der Waals surface area (Å²) in [4.78, 5) is 2.56. The highest BCUT2D eigenvalue weighted by Crippen LogP contribution is 2.40. The van der Waals surface area contributed by atoms with Crippen molar-refractivity contribution in [3.05, 3.63) is 23.2 Å². The van der Waals surface area contributed by atoms with E-state index in [4.69, 9.17) is 16.3 Å². The van der Waals surface area contributed by atoms with Gasteiger partial charge in [-0.25, -0.2) is 0 Å². The van der Waals surface area contributed by atoms with Crippen LogP contribution in [0.2, 0.25) is 5.02 Å². The van der Waals surface area contributed by atoms with Gasteiger partial charge in [0.25, 0.3) is 0 Å². The molecule has 1 saturated heterocycles. The van der Waals surface area contributed by atoms with Gasteiger partial charge in [0.1, 0.15) is 5.75 Å². The molecule has 4 heteroatoms. The van der Waals surface area contributed by atoms with Crippen molar-refractivity contribution in [1.29, 1.82) is 0 Å². The van der Waals surface area contributed by atoms with Crippen molar-refractivity contribution in [3.8, 4) is 5.75 Å². The minimum Gasteiger partial charge on any atom is -0.495 e. The van der Waals surface area contributed by atoms with Crippen molar-refractivity contribution < 1.29 is 4.74 Å². The minimum absolute atomic E-state index is 0.302. The van der Waals surface area contributed by atoms with Crippen LogP contribution in [0.5, 0.6) is 5.75 Å². The molecule has 1 spiro atoms. The molecule has 2 fully saturated rings. The van der Waals surface area contributed by atoms with Crippen LogP contribution in [-0.4, -0.2) is 32.3 Å². The molecule has 1 heterocycles. The average molecular weight is 281 g/mol. The molecule has 0 amide bonds. The van der Waals surface area contributed by atoms with Crippen LogP contribution >= 0.6 is 11.6 Å². The van der Waals surface area contributed by atoms with E-state index in [9.17, 15) is 0 Å². The Morgan fingerprint density at radius 2 is 2.11 bits per heavy atom. The van der Waals surface area contributed by atoms with E-state index < -0.39 is 0 Å².